The highest BCUT2D eigenvalue weighted by Crippen LogP contribution is 1.99. The van der Waals surface area contributed by atoms with Crippen LogP contribution in [0.25, 0.3) is 0 Å². The van der Waals surface area contributed by atoms with E-state index in [1.807, 2.05) is 24.0 Å². The fourth-order valence-corrected chi connectivity index (χ4v) is 0.996. The van der Waals surface area contributed by atoms with E-state index in [-0.39, 0.29) is 0 Å². The molecule has 0 aliphatic carbocycles. The molecule has 0 unspecified atom stereocenters. The molecule has 0 aliphatic heterocycles. The van der Waals surface area contributed by atoms with Crippen molar-refractivity contribution in [2.24, 2.45) is 7.05 Å². The second kappa shape index (κ2) is 3.62. The van der Waals surface area contributed by atoms with Crippen LogP contribution in [0.5, 0.6) is 0 Å². The zero-order chi connectivity index (χ0) is 7.40. The van der Waals surface area contributed by atoms with Gasteiger partial charge in [0.2, 0.25) is 0 Å². The summed E-state index contributed by atoms with van der Waals surface area (Å²) in [6, 6.07) is 0. The highest BCUT2D eigenvalue weighted by Gasteiger charge is 1.96. The fraction of sp³-hybridized carbons (Fsp3) is 0.571. The second-order valence-corrected chi connectivity index (χ2v) is 2.62. The average molecular weight is 159 g/mol. The number of aromatic nitrogens is 2. The molecule has 0 atom stereocenters. The smallest absolute Gasteiger partial charge is 0.108 e. The van der Waals surface area contributed by atoms with Gasteiger partial charge in [-0.3, -0.25) is 0 Å². The molecule has 1 aromatic heterocycles. The van der Waals surface area contributed by atoms with Crippen molar-refractivity contribution in [1.29, 1.82) is 0 Å². The SMILES string of the molecule is Cn1ccnc1CCCCl. The maximum atomic E-state index is 5.53. The summed E-state index contributed by atoms with van der Waals surface area (Å²) in [6.07, 6.45) is 5.74. The van der Waals surface area contributed by atoms with Crippen LogP contribution < -0.4 is 0 Å². The molecule has 3 heteroatoms. The van der Waals surface area contributed by atoms with Crippen molar-refractivity contribution in [3.8, 4) is 0 Å². The summed E-state index contributed by atoms with van der Waals surface area (Å²) in [5, 5.41) is 0. The molecule has 1 rings (SSSR count). The van der Waals surface area contributed by atoms with Gasteiger partial charge in [0.05, 0.1) is 0 Å². The highest BCUT2D eigenvalue weighted by molar-refractivity contribution is 6.17. The zero-order valence-electron chi connectivity index (χ0n) is 6.05. The van der Waals surface area contributed by atoms with Gasteiger partial charge in [-0.2, -0.15) is 0 Å². The maximum absolute atomic E-state index is 5.53. The summed E-state index contributed by atoms with van der Waals surface area (Å²) in [5.74, 6) is 1.83. The standard InChI is InChI=1S/C7H11ClN2/c1-10-6-5-9-7(10)3-2-4-8/h5-6H,2-4H2,1H3. The van der Waals surface area contributed by atoms with Gasteiger partial charge in [-0.05, 0) is 6.42 Å². The molecule has 2 nitrogen and oxygen atoms in total. The Bertz CT molecular complexity index is 195. The largest absolute Gasteiger partial charge is 0.338 e. The third-order valence-electron chi connectivity index (χ3n) is 1.45. The van der Waals surface area contributed by atoms with Crippen LogP contribution in [0.4, 0.5) is 0 Å². The van der Waals surface area contributed by atoms with Crippen molar-refractivity contribution < 1.29 is 0 Å². The number of nitrogens with zero attached hydrogens (tertiary/aromatic N) is 2. The van der Waals surface area contributed by atoms with E-state index in [0.29, 0.717) is 5.88 Å². The molecule has 0 saturated heterocycles. The van der Waals surface area contributed by atoms with Crippen LogP contribution in [0.2, 0.25) is 0 Å². The van der Waals surface area contributed by atoms with E-state index in [0.717, 1.165) is 18.7 Å². The Balaban J connectivity index is 2.49. The number of hydrogen-bond acceptors (Lipinski definition) is 1. The first kappa shape index (κ1) is 7.61. The van der Waals surface area contributed by atoms with Gasteiger partial charge < -0.3 is 4.57 Å². The van der Waals surface area contributed by atoms with Crippen LogP contribution in [-0.4, -0.2) is 15.4 Å². The van der Waals surface area contributed by atoms with Crippen molar-refractivity contribution in [3.63, 3.8) is 0 Å². The molecule has 0 bridgehead atoms. The lowest BCUT2D eigenvalue weighted by molar-refractivity contribution is 0.761. The van der Waals surface area contributed by atoms with Crippen molar-refractivity contribution in [3.05, 3.63) is 18.2 Å². The Labute approximate surface area is 65.8 Å². The average Bonchev–Trinajstić information content (AvgIpc) is 2.31. The molecule has 1 aromatic rings. The van der Waals surface area contributed by atoms with Gasteiger partial charge in [-0.1, -0.05) is 0 Å². The van der Waals surface area contributed by atoms with E-state index in [1.54, 1.807) is 0 Å². The second-order valence-electron chi connectivity index (χ2n) is 2.25. The van der Waals surface area contributed by atoms with Gasteiger partial charge in [0, 0.05) is 31.7 Å². The van der Waals surface area contributed by atoms with Crippen LogP contribution in [0.3, 0.4) is 0 Å². The highest BCUT2D eigenvalue weighted by atomic mass is 35.5. The van der Waals surface area contributed by atoms with Crippen LogP contribution in [0, 0.1) is 0 Å². The lowest BCUT2D eigenvalue weighted by atomic mass is 10.3. The van der Waals surface area contributed by atoms with Gasteiger partial charge >= 0.3 is 0 Å². The Morgan fingerprint density at radius 2 is 2.50 bits per heavy atom. The summed E-state index contributed by atoms with van der Waals surface area (Å²) in [5.41, 5.74) is 0. The topological polar surface area (TPSA) is 17.8 Å². The van der Waals surface area contributed by atoms with Crippen molar-refractivity contribution in [2.45, 2.75) is 12.8 Å². The predicted molar refractivity (Wildman–Crippen MR) is 42.2 cm³/mol. The quantitative estimate of drug-likeness (QED) is 0.611. The lowest BCUT2D eigenvalue weighted by Gasteiger charge is -1.97. The van der Waals surface area contributed by atoms with Gasteiger partial charge in [-0.15, -0.1) is 11.6 Å². The van der Waals surface area contributed by atoms with E-state index in [9.17, 15) is 0 Å². The van der Waals surface area contributed by atoms with E-state index < -0.39 is 0 Å². The zero-order valence-corrected chi connectivity index (χ0v) is 6.80. The van der Waals surface area contributed by atoms with Crippen LogP contribution >= 0.6 is 11.6 Å². The van der Waals surface area contributed by atoms with Crippen molar-refractivity contribution >= 4 is 11.6 Å². The number of aryl methyl sites for hydroxylation is 2. The van der Waals surface area contributed by atoms with Crippen LogP contribution in [-0.2, 0) is 13.5 Å². The number of rotatable bonds is 3. The number of alkyl halides is 1. The predicted octanol–water partition coefficient (Wildman–Crippen LogP) is 1.59. The molecular weight excluding hydrogens is 148 g/mol. The minimum atomic E-state index is 0.715. The first-order chi connectivity index (χ1) is 4.84. The first-order valence-electron chi connectivity index (χ1n) is 3.36. The first-order valence-corrected chi connectivity index (χ1v) is 3.90. The molecular formula is C7H11ClN2. The normalized spacial score (nSPS) is 10.2. The summed E-state index contributed by atoms with van der Waals surface area (Å²) < 4.78 is 2.02. The summed E-state index contributed by atoms with van der Waals surface area (Å²) >= 11 is 5.53. The minimum absolute atomic E-state index is 0.715. The Hall–Kier alpha value is -0.500. The third kappa shape index (κ3) is 1.74. The lowest BCUT2D eigenvalue weighted by Crippen LogP contribution is -1.97. The molecule has 0 saturated carbocycles. The molecule has 0 radical (unpaired) electrons. The molecule has 0 aromatic carbocycles. The Kier molecular flexibility index (Phi) is 2.75. The van der Waals surface area contributed by atoms with Crippen LogP contribution in [0.15, 0.2) is 12.4 Å². The fourth-order valence-electron chi connectivity index (χ4n) is 0.862. The summed E-state index contributed by atoms with van der Waals surface area (Å²) in [4.78, 5) is 4.16. The third-order valence-corrected chi connectivity index (χ3v) is 1.72. The Morgan fingerprint density at radius 1 is 1.70 bits per heavy atom. The molecule has 0 fully saturated rings. The number of imidazole rings is 1. The number of hydrogen-bond donors (Lipinski definition) is 0. The minimum Gasteiger partial charge on any atom is -0.338 e. The molecule has 1 heterocycles. The molecule has 10 heavy (non-hydrogen) atoms. The van der Waals surface area contributed by atoms with Gasteiger partial charge in [0.25, 0.3) is 0 Å². The van der Waals surface area contributed by atoms with Gasteiger partial charge in [-0.25, -0.2) is 4.98 Å². The monoisotopic (exact) mass is 158 g/mol. The van der Waals surface area contributed by atoms with E-state index in [2.05, 4.69) is 4.98 Å². The van der Waals surface area contributed by atoms with E-state index in [4.69, 9.17) is 11.6 Å². The molecule has 0 aliphatic rings. The summed E-state index contributed by atoms with van der Waals surface area (Å²) in [6.45, 7) is 0. The van der Waals surface area contributed by atoms with Crippen LogP contribution in [0.1, 0.15) is 12.2 Å². The van der Waals surface area contributed by atoms with Gasteiger partial charge in [0.1, 0.15) is 5.82 Å². The Morgan fingerprint density at radius 3 is 3.00 bits per heavy atom. The van der Waals surface area contributed by atoms with Crippen molar-refractivity contribution in [2.75, 3.05) is 5.88 Å². The molecule has 56 valence electrons. The molecule has 0 spiro atoms. The molecule has 0 N–H and O–H groups in total. The number of halogens is 1. The van der Waals surface area contributed by atoms with E-state index >= 15 is 0 Å². The van der Waals surface area contributed by atoms with Crippen molar-refractivity contribution in [1.82, 2.24) is 9.55 Å². The van der Waals surface area contributed by atoms with E-state index in [1.165, 1.54) is 0 Å². The summed E-state index contributed by atoms with van der Waals surface area (Å²) in [7, 11) is 2.00. The van der Waals surface area contributed by atoms with Gasteiger partial charge in [0.15, 0.2) is 0 Å². The maximum Gasteiger partial charge on any atom is 0.108 e. The molecule has 0 amide bonds.